The van der Waals surface area contributed by atoms with Crippen LogP contribution in [0.2, 0.25) is 0 Å². The maximum atomic E-state index is 13.2. The van der Waals surface area contributed by atoms with Crippen LogP contribution in [-0.4, -0.2) is 24.9 Å². The van der Waals surface area contributed by atoms with Crippen LogP contribution < -0.4 is 20.5 Å². The van der Waals surface area contributed by atoms with E-state index >= 15 is 0 Å². The van der Waals surface area contributed by atoms with Gasteiger partial charge in [0.2, 0.25) is 5.88 Å². The van der Waals surface area contributed by atoms with E-state index in [1.807, 2.05) is 39.0 Å². The third-order valence-corrected chi connectivity index (χ3v) is 6.09. The van der Waals surface area contributed by atoms with Crippen molar-refractivity contribution in [1.82, 2.24) is 0 Å². The van der Waals surface area contributed by atoms with Crippen molar-refractivity contribution in [3.63, 3.8) is 0 Å². The number of para-hydroxylation sites is 1. The van der Waals surface area contributed by atoms with Gasteiger partial charge >= 0.3 is 0 Å². The summed E-state index contributed by atoms with van der Waals surface area (Å²) >= 11 is 0. The SMILES string of the molecule is CCOc1cc([C@@H]2C(C#N)=C(N)OC3=C2C(=O)CC(C)(C)C3)ccc1OCC(=O)Nc1ccccc1. The van der Waals surface area contributed by atoms with Crippen LogP contribution in [0, 0.1) is 16.7 Å². The van der Waals surface area contributed by atoms with Gasteiger partial charge in [-0.2, -0.15) is 5.26 Å². The number of hydrogen-bond acceptors (Lipinski definition) is 7. The van der Waals surface area contributed by atoms with Gasteiger partial charge in [-0.15, -0.1) is 0 Å². The summed E-state index contributed by atoms with van der Waals surface area (Å²) in [5.41, 5.74) is 7.82. The van der Waals surface area contributed by atoms with Gasteiger partial charge in [0.15, 0.2) is 23.9 Å². The van der Waals surface area contributed by atoms with Gasteiger partial charge < -0.3 is 25.3 Å². The Balaban J connectivity index is 1.63. The zero-order valence-corrected chi connectivity index (χ0v) is 20.6. The maximum Gasteiger partial charge on any atom is 0.262 e. The van der Waals surface area contributed by atoms with Crippen LogP contribution in [0.3, 0.4) is 0 Å². The largest absolute Gasteiger partial charge is 0.490 e. The molecule has 0 saturated heterocycles. The summed E-state index contributed by atoms with van der Waals surface area (Å²) in [6.07, 6.45) is 0.889. The molecule has 1 aliphatic heterocycles. The number of carbonyl (C=O) groups excluding carboxylic acids is 2. The van der Waals surface area contributed by atoms with E-state index in [0.717, 1.165) is 0 Å². The predicted octanol–water partition coefficient (Wildman–Crippen LogP) is 4.55. The minimum absolute atomic E-state index is 0.00243. The number of hydrogen-bond donors (Lipinski definition) is 2. The Labute approximate surface area is 210 Å². The molecule has 0 bridgehead atoms. The molecule has 3 N–H and O–H groups in total. The smallest absolute Gasteiger partial charge is 0.262 e. The van der Waals surface area contributed by atoms with Gasteiger partial charge in [-0.25, -0.2) is 0 Å². The van der Waals surface area contributed by atoms with Crippen molar-refractivity contribution in [2.45, 2.75) is 39.5 Å². The molecule has 0 aromatic heterocycles. The van der Waals surface area contributed by atoms with Gasteiger partial charge in [-0.3, -0.25) is 9.59 Å². The van der Waals surface area contributed by atoms with E-state index in [4.69, 9.17) is 19.9 Å². The van der Waals surface area contributed by atoms with E-state index in [1.54, 1.807) is 30.3 Å². The fourth-order valence-corrected chi connectivity index (χ4v) is 4.57. The fraction of sp³-hybridized carbons (Fsp3) is 0.321. The van der Waals surface area contributed by atoms with Crippen LogP contribution in [0.1, 0.15) is 45.1 Å². The summed E-state index contributed by atoms with van der Waals surface area (Å²) < 4.78 is 17.3. The van der Waals surface area contributed by atoms with Crippen LogP contribution in [0.25, 0.3) is 0 Å². The Morgan fingerprint density at radius 1 is 1.17 bits per heavy atom. The van der Waals surface area contributed by atoms with Crippen LogP contribution in [0.4, 0.5) is 5.69 Å². The molecular formula is C28H29N3O5. The number of allylic oxidation sites excluding steroid dienone is 3. The Kier molecular flexibility index (Phi) is 7.02. The van der Waals surface area contributed by atoms with Crippen molar-refractivity contribution in [1.29, 1.82) is 5.26 Å². The molecule has 8 nitrogen and oxygen atoms in total. The average molecular weight is 488 g/mol. The molecule has 4 rings (SSSR count). The Morgan fingerprint density at radius 3 is 2.61 bits per heavy atom. The lowest BCUT2D eigenvalue weighted by atomic mass is 9.70. The van der Waals surface area contributed by atoms with E-state index in [2.05, 4.69) is 11.4 Å². The van der Waals surface area contributed by atoms with Crippen LogP contribution >= 0.6 is 0 Å². The van der Waals surface area contributed by atoms with Crippen molar-refractivity contribution in [3.8, 4) is 17.6 Å². The minimum atomic E-state index is -0.669. The van der Waals surface area contributed by atoms with Crippen molar-refractivity contribution >= 4 is 17.4 Å². The number of Topliss-reactive ketones (excluding diaryl/α,β-unsaturated/α-hetero) is 1. The molecule has 0 fully saturated rings. The van der Waals surface area contributed by atoms with Gasteiger partial charge in [0.1, 0.15) is 17.4 Å². The second-order valence-corrected chi connectivity index (χ2v) is 9.54. The van der Waals surface area contributed by atoms with Crippen molar-refractivity contribution in [3.05, 3.63) is 76.9 Å². The molecule has 0 radical (unpaired) electrons. The van der Waals surface area contributed by atoms with Gasteiger partial charge in [0, 0.05) is 24.1 Å². The van der Waals surface area contributed by atoms with E-state index in [9.17, 15) is 14.9 Å². The highest BCUT2D eigenvalue weighted by atomic mass is 16.5. The molecule has 1 amide bonds. The first-order valence-corrected chi connectivity index (χ1v) is 11.8. The number of ether oxygens (including phenoxy) is 3. The summed E-state index contributed by atoms with van der Waals surface area (Å²) in [4.78, 5) is 25.5. The number of nitrogens with two attached hydrogens (primary N) is 1. The van der Waals surface area contributed by atoms with E-state index in [-0.39, 0.29) is 35.2 Å². The quantitative estimate of drug-likeness (QED) is 0.587. The predicted molar refractivity (Wildman–Crippen MR) is 134 cm³/mol. The number of nitrogens with zero attached hydrogens (tertiary/aromatic N) is 1. The molecule has 2 aromatic carbocycles. The summed E-state index contributed by atoms with van der Waals surface area (Å²) in [5.74, 6) is 0.229. The molecule has 2 aliphatic rings. The molecule has 186 valence electrons. The third kappa shape index (κ3) is 5.20. The maximum absolute atomic E-state index is 13.2. The van der Waals surface area contributed by atoms with Crippen molar-refractivity contribution in [2.24, 2.45) is 11.1 Å². The Hall–Kier alpha value is -4.25. The summed E-state index contributed by atoms with van der Waals surface area (Å²) in [6.45, 7) is 5.97. The molecule has 1 heterocycles. The molecule has 0 spiro atoms. The normalized spacial score (nSPS) is 18.6. The highest BCUT2D eigenvalue weighted by Gasteiger charge is 2.43. The third-order valence-electron chi connectivity index (χ3n) is 6.09. The lowest BCUT2D eigenvalue weighted by molar-refractivity contribution is -0.119. The highest BCUT2D eigenvalue weighted by molar-refractivity contribution is 6.00. The lowest BCUT2D eigenvalue weighted by Crippen LogP contribution is -2.33. The summed E-state index contributed by atoms with van der Waals surface area (Å²) in [5, 5.41) is 12.6. The first-order chi connectivity index (χ1) is 17.2. The first-order valence-electron chi connectivity index (χ1n) is 11.8. The molecule has 1 atom stereocenters. The van der Waals surface area contributed by atoms with E-state index in [1.165, 1.54) is 0 Å². The second-order valence-electron chi connectivity index (χ2n) is 9.54. The van der Waals surface area contributed by atoms with Crippen molar-refractivity contribution < 1.29 is 23.8 Å². The number of carbonyl (C=O) groups is 2. The van der Waals surface area contributed by atoms with Gasteiger partial charge in [-0.05, 0) is 42.2 Å². The molecule has 0 unspecified atom stereocenters. The molecule has 36 heavy (non-hydrogen) atoms. The fourth-order valence-electron chi connectivity index (χ4n) is 4.57. The summed E-state index contributed by atoms with van der Waals surface area (Å²) in [7, 11) is 0. The second kappa shape index (κ2) is 10.2. The average Bonchev–Trinajstić information content (AvgIpc) is 2.82. The number of amides is 1. The van der Waals surface area contributed by atoms with E-state index in [0.29, 0.717) is 53.5 Å². The molecule has 8 heteroatoms. The number of ketones is 1. The lowest BCUT2D eigenvalue weighted by Gasteiger charge is -2.37. The van der Waals surface area contributed by atoms with Gasteiger partial charge in [0.25, 0.3) is 5.91 Å². The molecule has 1 aliphatic carbocycles. The molecule has 0 saturated carbocycles. The summed E-state index contributed by atoms with van der Waals surface area (Å²) in [6, 6.07) is 16.4. The first kappa shape index (κ1) is 24.9. The van der Waals surface area contributed by atoms with Crippen LogP contribution in [-0.2, 0) is 14.3 Å². The molecular weight excluding hydrogens is 458 g/mol. The van der Waals surface area contributed by atoms with Gasteiger partial charge in [0.05, 0.1) is 12.5 Å². The number of anilines is 1. The Bertz CT molecular complexity index is 1290. The van der Waals surface area contributed by atoms with Crippen molar-refractivity contribution in [2.75, 3.05) is 18.5 Å². The zero-order chi connectivity index (χ0) is 25.9. The highest BCUT2D eigenvalue weighted by Crippen LogP contribution is 2.48. The van der Waals surface area contributed by atoms with Crippen LogP contribution in [0.5, 0.6) is 11.5 Å². The standard InChI is InChI=1S/C28H29N3O5/c1-4-34-22-12-17(10-11-21(22)35-16-24(33)31-18-8-6-5-7-9-18)25-19(15-29)27(30)36-23-14-28(2,3)13-20(32)26(23)25/h5-12,25H,4,13-14,16,30H2,1-3H3,(H,31,33)/t25-/m1/s1. The number of nitriles is 1. The van der Waals surface area contributed by atoms with Gasteiger partial charge in [-0.1, -0.05) is 38.1 Å². The minimum Gasteiger partial charge on any atom is -0.490 e. The zero-order valence-electron chi connectivity index (χ0n) is 20.6. The molecule has 2 aromatic rings. The van der Waals surface area contributed by atoms with Crippen LogP contribution in [0.15, 0.2) is 71.3 Å². The number of nitrogens with one attached hydrogen (secondary N) is 1. The Morgan fingerprint density at radius 2 is 1.92 bits per heavy atom. The number of rotatable bonds is 7. The number of benzene rings is 2. The van der Waals surface area contributed by atoms with E-state index < -0.39 is 5.92 Å². The monoisotopic (exact) mass is 487 g/mol. The topological polar surface area (TPSA) is 124 Å².